The van der Waals surface area contributed by atoms with Crippen molar-refractivity contribution < 1.29 is 4.79 Å². The molecule has 0 saturated carbocycles. The van der Waals surface area contributed by atoms with Gasteiger partial charge in [0.1, 0.15) is 5.82 Å². The lowest BCUT2D eigenvalue weighted by Gasteiger charge is -2.23. The molecule has 29 heavy (non-hydrogen) atoms. The fourth-order valence-electron chi connectivity index (χ4n) is 2.95. The maximum Gasteiger partial charge on any atom is 0.251 e. The van der Waals surface area contributed by atoms with Crippen molar-refractivity contribution in [1.29, 1.82) is 0 Å². The third-order valence-electron chi connectivity index (χ3n) is 4.46. The number of anilines is 2. The number of nitrogens with one attached hydrogen (secondary N) is 2. The second kappa shape index (κ2) is 8.30. The van der Waals surface area contributed by atoms with E-state index in [0.717, 1.165) is 22.5 Å². The summed E-state index contributed by atoms with van der Waals surface area (Å²) < 4.78 is 0. The van der Waals surface area contributed by atoms with Crippen LogP contribution in [0.1, 0.15) is 15.9 Å². The molecule has 0 spiro atoms. The topological polar surface area (TPSA) is 99.7 Å². The van der Waals surface area contributed by atoms with Crippen molar-refractivity contribution in [3.8, 4) is 11.1 Å². The molecule has 0 radical (unpaired) electrons. The van der Waals surface area contributed by atoms with Crippen molar-refractivity contribution in [2.24, 2.45) is 0 Å². The van der Waals surface area contributed by atoms with Gasteiger partial charge in [0.2, 0.25) is 0 Å². The Kier molecular flexibility index (Phi) is 5.24. The normalized spacial score (nSPS) is 10.5. The maximum absolute atomic E-state index is 11.8. The van der Waals surface area contributed by atoms with Gasteiger partial charge >= 0.3 is 0 Å². The SMILES string of the molecule is CNC(=O)c1ccc(CN(c2cnccn2)c2cc(-c3cn[nH]c3)ccn2)cc1. The van der Waals surface area contributed by atoms with Gasteiger partial charge in [-0.2, -0.15) is 5.10 Å². The zero-order valence-corrected chi connectivity index (χ0v) is 15.8. The number of nitrogens with zero attached hydrogens (tertiary/aromatic N) is 5. The first kappa shape index (κ1) is 18.3. The molecule has 0 atom stereocenters. The molecular formula is C21H19N7O. The number of H-pyrrole nitrogens is 1. The molecule has 0 aliphatic heterocycles. The van der Waals surface area contributed by atoms with E-state index in [4.69, 9.17) is 0 Å². The Morgan fingerprint density at radius 3 is 2.52 bits per heavy atom. The van der Waals surface area contributed by atoms with Crippen LogP contribution in [0.4, 0.5) is 11.6 Å². The van der Waals surface area contributed by atoms with Crippen molar-refractivity contribution in [3.05, 3.63) is 84.7 Å². The fraction of sp³-hybridized carbons (Fsp3) is 0.0952. The molecule has 3 heterocycles. The lowest BCUT2D eigenvalue weighted by atomic mass is 10.1. The summed E-state index contributed by atoms with van der Waals surface area (Å²) in [5.41, 5.74) is 3.59. The van der Waals surface area contributed by atoms with Crippen LogP contribution in [0.3, 0.4) is 0 Å². The van der Waals surface area contributed by atoms with Crippen LogP contribution < -0.4 is 10.2 Å². The van der Waals surface area contributed by atoms with E-state index in [1.54, 1.807) is 50.2 Å². The Hall–Kier alpha value is -4.07. The van der Waals surface area contributed by atoms with Crippen LogP contribution in [-0.2, 0) is 6.54 Å². The highest BCUT2D eigenvalue weighted by molar-refractivity contribution is 5.93. The third kappa shape index (κ3) is 4.11. The van der Waals surface area contributed by atoms with E-state index in [9.17, 15) is 4.79 Å². The Morgan fingerprint density at radius 2 is 1.83 bits per heavy atom. The first-order chi connectivity index (χ1) is 14.2. The van der Waals surface area contributed by atoms with E-state index in [1.807, 2.05) is 35.4 Å². The lowest BCUT2D eigenvalue weighted by Crippen LogP contribution is -2.20. The highest BCUT2D eigenvalue weighted by atomic mass is 16.1. The Bertz CT molecular complexity index is 1080. The lowest BCUT2D eigenvalue weighted by molar-refractivity contribution is 0.0963. The summed E-state index contributed by atoms with van der Waals surface area (Å²) in [4.78, 5) is 26.9. The van der Waals surface area contributed by atoms with Gasteiger partial charge < -0.3 is 10.2 Å². The monoisotopic (exact) mass is 385 g/mol. The van der Waals surface area contributed by atoms with E-state index in [-0.39, 0.29) is 5.91 Å². The molecular weight excluding hydrogens is 366 g/mol. The number of hydrogen-bond donors (Lipinski definition) is 2. The second-order valence-corrected chi connectivity index (χ2v) is 6.32. The van der Waals surface area contributed by atoms with E-state index in [1.165, 1.54) is 0 Å². The molecule has 0 saturated heterocycles. The fourth-order valence-corrected chi connectivity index (χ4v) is 2.95. The molecule has 1 aromatic carbocycles. The molecule has 3 aromatic heterocycles. The van der Waals surface area contributed by atoms with Crippen molar-refractivity contribution >= 4 is 17.5 Å². The number of rotatable bonds is 6. The molecule has 0 fully saturated rings. The van der Waals surface area contributed by atoms with E-state index in [0.29, 0.717) is 17.9 Å². The predicted octanol–water partition coefficient (Wildman–Crippen LogP) is 2.96. The third-order valence-corrected chi connectivity index (χ3v) is 4.46. The highest BCUT2D eigenvalue weighted by Crippen LogP contribution is 2.27. The molecule has 0 bridgehead atoms. The molecule has 144 valence electrons. The summed E-state index contributed by atoms with van der Waals surface area (Å²) in [6.45, 7) is 0.522. The summed E-state index contributed by atoms with van der Waals surface area (Å²) in [5, 5.41) is 9.47. The largest absolute Gasteiger partial charge is 0.355 e. The molecule has 0 aliphatic carbocycles. The summed E-state index contributed by atoms with van der Waals surface area (Å²) in [7, 11) is 1.62. The zero-order valence-electron chi connectivity index (χ0n) is 15.8. The van der Waals surface area contributed by atoms with Gasteiger partial charge in [-0.25, -0.2) is 9.97 Å². The number of carbonyl (C=O) groups is 1. The summed E-state index contributed by atoms with van der Waals surface area (Å²) >= 11 is 0. The van der Waals surface area contributed by atoms with Crippen molar-refractivity contribution in [1.82, 2.24) is 30.5 Å². The minimum atomic E-state index is -0.114. The highest BCUT2D eigenvalue weighted by Gasteiger charge is 2.15. The van der Waals surface area contributed by atoms with Crippen LogP contribution in [-0.4, -0.2) is 38.1 Å². The van der Waals surface area contributed by atoms with Gasteiger partial charge in [-0.05, 0) is 35.4 Å². The standard InChI is InChI=1S/C21H19N7O/c1-22-21(29)16-4-2-15(3-5-16)14-28(20-13-23-8-9-25-20)19-10-17(6-7-24-19)18-11-26-27-12-18/h2-13H,14H2,1H3,(H,22,29)(H,26,27). The van der Waals surface area contributed by atoms with Gasteiger partial charge in [0.05, 0.1) is 18.9 Å². The summed E-state index contributed by atoms with van der Waals surface area (Å²) in [6.07, 6.45) is 10.3. The number of benzene rings is 1. The van der Waals surface area contributed by atoms with Crippen LogP contribution in [0, 0.1) is 0 Å². The van der Waals surface area contributed by atoms with Crippen LogP contribution in [0.25, 0.3) is 11.1 Å². The molecule has 4 aromatic rings. The number of aromatic nitrogens is 5. The maximum atomic E-state index is 11.8. The average molecular weight is 385 g/mol. The molecule has 0 aliphatic rings. The van der Waals surface area contributed by atoms with Crippen molar-refractivity contribution in [2.75, 3.05) is 11.9 Å². The molecule has 4 rings (SSSR count). The van der Waals surface area contributed by atoms with Crippen LogP contribution in [0.5, 0.6) is 0 Å². The van der Waals surface area contributed by atoms with Crippen molar-refractivity contribution in [2.45, 2.75) is 6.54 Å². The van der Waals surface area contributed by atoms with Gasteiger partial charge in [0.15, 0.2) is 5.82 Å². The van der Waals surface area contributed by atoms with Crippen LogP contribution in [0.15, 0.2) is 73.6 Å². The van der Waals surface area contributed by atoms with Crippen LogP contribution in [0.2, 0.25) is 0 Å². The first-order valence-electron chi connectivity index (χ1n) is 9.04. The van der Waals surface area contributed by atoms with Gasteiger partial charge in [-0.15, -0.1) is 0 Å². The molecule has 0 unspecified atom stereocenters. The molecule has 8 heteroatoms. The van der Waals surface area contributed by atoms with E-state index in [2.05, 4.69) is 30.5 Å². The Morgan fingerprint density at radius 1 is 1.00 bits per heavy atom. The van der Waals surface area contributed by atoms with Gasteiger partial charge in [0.25, 0.3) is 5.91 Å². The predicted molar refractivity (Wildman–Crippen MR) is 110 cm³/mol. The van der Waals surface area contributed by atoms with Gasteiger partial charge in [0, 0.05) is 43.0 Å². The van der Waals surface area contributed by atoms with Gasteiger partial charge in [-0.1, -0.05) is 12.1 Å². The van der Waals surface area contributed by atoms with E-state index >= 15 is 0 Å². The summed E-state index contributed by atoms with van der Waals surface area (Å²) in [6, 6.07) is 11.4. The Labute approximate surface area is 167 Å². The number of aromatic amines is 1. The smallest absolute Gasteiger partial charge is 0.251 e. The number of pyridine rings is 1. The Balaban J connectivity index is 1.68. The second-order valence-electron chi connectivity index (χ2n) is 6.32. The average Bonchev–Trinajstić information content (AvgIpc) is 3.33. The number of amides is 1. The van der Waals surface area contributed by atoms with Crippen LogP contribution >= 0.6 is 0 Å². The van der Waals surface area contributed by atoms with E-state index < -0.39 is 0 Å². The molecule has 1 amide bonds. The number of hydrogen-bond acceptors (Lipinski definition) is 6. The first-order valence-corrected chi connectivity index (χ1v) is 9.04. The minimum Gasteiger partial charge on any atom is -0.355 e. The van der Waals surface area contributed by atoms with Crippen molar-refractivity contribution in [3.63, 3.8) is 0 Å². The van der Waals surface area contributed by atoms with Gasteiger partial charge in [-0.3, -0.25) is 14.9 Å². The summed E-state index contributed by atoms with van der Waals surface area (Å²) in [5.74, 6) is 1.30. The number of carbonyl (C=O) groups excluding carboxylic acids is 1. The zero-order chi connectivity index (χ0) is 20.1. The molecule has 8 nitrogen and oxygen atoms in total. The molecule has 2 N–H and O–H groups in total. The quantitative estimate of drug-likeness (QED) is 0.529. The minimum absolute atomic E-state index is 0.114.